The Morgan fingerprint density at radius 2 is 0.571 bits per heavy atom. The van der Waals surface area contributed by atoms with E-state index in [-0.39, 0.29) is 68.2 Å². The molecule has 12 nitrogen and oxygen atoms in total. The molecule has 0 N–H and O–H groups in total. The van der Waals surface area contributed by atoms with E-state index in [0.717, 1.165) is 21.4 Å². The van der Waals surface area contributed by atoms with Crippen LogP contribution in [0.1, 0.15) is 0 Å². The van der Waals surface area contributed by atoms with Gasteiger partial charge in [-0.15, -0.1) is 21.4 Å². The van der Waals surface area contributed by atoms with Crippen LogP contribution in [0.3, 0.4) is 0 Å². The predicted octanol–water partition coefficient (Wildman–Crippen LogP) is -2.00. The molecular formula is CoKN4O8. The van der Waals surface area contributed by atoms with Crippen LogP contribution in [-0.2, 0) is 16.8 Å². The summed E-state index contributed by atoms with van der Waals surface area (Å²) >= 11 is 0. The van der Waals surface area contributed by atoms with Crippen LogP contribution in [0.4, 0.5) is 0 Å². The molecule has 0 bridgehead atoms. The van der Waals surface area contributed by atoms with Crippen molar-refractivity contribution < 1.29 is 68.2 Å². The summed E-state index contributed by atoms with van der Waals surface area (Å²) in [6.07, 6.45) is 0. The van der Waals surface area contributed by atoms with E-state index in [9.17, 15) is 0 Å². The molecule has 0 aliphatic carbocycles. The molecule has 0 unspecified atom stereocenters. The molecule has 0 aliphatic rings. The molecule has 0 heterocycles. The van der Waals surface area contributed by atoms with Crippen molar-refractivity contribution in [2.24, 2.45) is 21.4 Å². The first-order valence-corrected chi connectivity index (χ1v) is 1.46. The van der Waals surface area contributed by atoms with Crippen LogP contribution in [0.2, 0.25) is 0 Å². The molecule has 0 amide bonds. The second-order valence-corrected chi connectivity index (χ2v) is 0.298. The predicted molar refractivity (Wildman–Crippen MR) is 36.6 cm³/mol. The summed E-state index contributed by atoms with van der Waals surface area (Å²) in [5.41, 5.74) is 0. The van der Waals surface area contributed by atoms with Gasteiger partial charge >= 0.3 is 68.2 Å². The normalized spacial score (nSPS) is 3.43. The zero-order chi connectivity index (χ0) is 10.8. The van der Waals surface area contributed by atoms with Crippen molar-refractivity contribution in [1.29, 1.82) is 0 Å². The van der Waals surface area contributed by atoms with E-state index < -0.39 is 0 Å². The minimum Gasteiger partial charge on any atom is -0.444 e. The van der Waals surface area contributed by atoms with E-state index in [1.165, 1.54) is 0 Å². The van der Waals surface area contributed by atoms with Crippen LogP contribution in [0, 0.1) is 40.5 Å². The number of hydrogen-bond donors (Lipinski definition) is 0. The minimum atomic E-state index is 0. The zero-order valence-electron chi connectivity index (χ0n) is 6.39. The van der Waals surface area contributed by atoms with Gasteiger partial charge in [0.1, 0.15) is 0 Å². The Hall–Kier alpha value is -0.257. The van der Waals surface area contributed by atoms with Gasteiger partial charge in [-0.05, 0) is 0 Å². The summed E-state index contributed by atoms with van der Waals surface area (Å²) in [7, 11) is 0. The van der Waals surface area contributed by atoms with Crippen molar-refractivity contribution in [1.82, 2.24) is 0 Å². The van der Waals surface area contributed by atoms with E-state index in [0.29, 0.717) is 0 Å². The second-order valence-electron chi connectivity index (χ2n) is 0.298. The Morgan fingerprint density at radius 3 is 0.571 bits per heavy atom. The molecule has 14 heavy (non-hydrogen) atoms. The van der Waals surface area contributed by atoms with Crippen LogP contribution < -0.4 is 51.4 Å². The second kappa shape index (κ2) is 125. The van der Waals surface area contributed by atoms with Crippen molar-refractivity contribution in [2.75, 3.05) is 0 Å². The molecule has 14 heteroatoms. The smallest absolute Gasteiger partial charge is 0.444 e. The van der Waals surface area contributed by atoms with Crippen molar-refractivity contribution in [3.05, 3.63) is 40.5 Å². The van der Waals surface area contributed by atoms with Gasteiger partial charge in [-0.2, -0.15) is 0 Å². The van der Waals surface area contributed by atoms with E-state index in [1.54, 1.807) is 0 Å². The molecule has 0 radical (unpaired) electrons. The number of nitrogens with zero attached hydrogens (tertiary/aromatic N) is 4. The summed E-state index contributed by atoms with van der Waals surface area (Å²) < 4.78 is 0. The third kappa shape index (κ3) is 20500. The van der Waals surface area contributed by atoms with E-state index in [1.807, 2.05) is 0 Å². The zero-order valence-corrected chi connectivity index (χ0v) is 10.6. The van der Waals surface area contributed by atoms with E-state index in [4.69, 9.17) is 40.5 Å². The Balaban J connectivity index is -0.0000000145. The standard InChI is InChI=1S/Co.K.4HNO2/c;;4*2-1-3/h;;4*(H,2,3)/q+3;+1;;;;/p-4. The van der Waals surface area contributed by atoms with Gasteiger partial charge in [-0.3, -0.25) is 0 Å². The largest absolute Gasteiger partial charge is 3.00 e. The maximum Gasteiger partial charge on any atom is 3.00 e. The van der Waals surface area contributed by atoms with Crippen LogP contribution >= 0.6 is 0 Å². The topological polar surface area (TPSA) is 210 Å². The van der Waals surface area contributed by atoms with Crippen molar-refractivity contribution in [2.45, 2.75) is 0 Å². The van der Waals surface area contributed by atoms with Gasteiger partial charge in [0, 0.05) is 0 Å². The molecule has 0 aliphatic heterocycles. The molecule has 78 valence electrons. The Morgan fingerprint density at radius 1 is 0.571 bits per heavy atom. The van der Waals surface area contributed by atoms with E-state index in [2.05, 4.69) is 0 Å². The molecule has 0 aromatic rings. The molecule has 0 fully saturated rings. The Bertz CT molecular complexity index is 75.3. The van der Waals surface area contributed by atoms with Gasteiger partial charge in [-0.1, -0.05) is 0 Å². The van der Waals surface area contributed by atoms with Crippen LogP contribution in [0.15, 0.2) is 21.4 Å². The van der Waals surface area contributed by atoms with Crippen molar-refractivity contribution in [3.8, 4) is 0 Å². The monoisotopic (exact) mass is 282 g/mol. The molecule has 0 spiro atoms. The van der Waals surface area contributed by atoms with Gasteiger partial charge in [0.05, 0.1) is 0 Å². The fourth-order valence-electron chi connectivity index (χ4n) is 0. The minimum absolute atomic E-state index is 0. The average molecular weight is 282 g/mol. The first-order valence-electron chi connectivity index (χ1n) is 1.46. The van der Waals surface area contributed by atoms with Gasteiger partial charge < -0.3 is 40.5 Å². The first kappa shape index (κ1) is 37.2. The third-order valence-corrected chi connectivity index (χ3v) is 0. The maximum atomic E-state index is 8.00. The molecular weight excluding hydrogens is 282 g/mol. The number of rotatable bonds is 0. The van der Waals surface area contributed by atoms with Crippen LogP contribution in [0.5, 0.6) is 0 Å². The quantitative estimate of drug-likeness (QED) is 0.274. The summed E-state index contributed by atoms with van der Waals surface area (Å²) in [5.74, 6) is 0. The Kier molecular flexibility index (Phi) is 333. The fraction of sp³-hybridized carbons (Fsp3) is 0. The summed E-state index contributed by atoms with van der Waals surface area (Å²) in [6, 6.07) is 0. The Labute approximate surface area is 128 Å². The molecule has 0 saturated heterocycles. The maximum absolute atomic E-state index is 8.00. The van der Waals surface area contributed by atoms with Crippen LogP contribution in [0.25, 0.3) is 0 Å². The summed E-state index contributed by atoms with van der Waals surface area (Å²) in [6.45, 7) is 0. The molecule has 0 rings (SSSR count). The first-order chi connectivity index (χ1) is 5.66. The van der Waals surface area contributed by atoms with Crippen molar-refractivity contribution >= 4 is 0 Å². The molecule has 0 aromatic carbocycles. The van der Waals surface area contributed by atoms with Gasteiger partial charge in [0.25, 0.3) is 0 Å². The number of hydrogen-bond acceptors (Lipinski definition) is 12. The van der Waals surface area contributed by atoms with Gasteiger partial charge in [-0.25, -0.2) is 0 Å². The van der Waals surface area contributed by atoms with Crippen LogP contribution in [-0.4, -0.2) is 0 Å². The molecule has 0 aromatic heterocycles. The van der Waals surface area contributed by atoms with E-state index >= 15 is 0 Å². The summed E-state index contributed by atoms with van der Waals surface area (Å²) in [5, 5.41) is 36.0. The van der Waals surface area contributed by atoms with Crippen molar-refractivity contribution in [3.63, 3.8) is 0 Å². The SMILES string of the molecule is O=N[O-].O=N[O-].O=N[O-].O=N[O-].[Co+3].[K+]. The van der Waals surface area contributed by atoms with Gasteiger partial charge in [0.15, 0.2) is 0 Å². The molecule has 0 saturated carbocycles. The fourth-order valence-corrected chi connectivity index (χ4v) is 0. The van der Waals surface area contributed by atoms with Gasteiger partial charge in [0.2, 0.25) is 0 Å². The third-order valence-electron chi connectivity index (χ3n) is 0. The molecule has 0 atom stereocenters. The average Bonchev–Trinajstić information content (AvgIpc) is 1.92. The summed E-state index contributed by atoms with van der Waals surface area (Å²) in [4.78, 5) is 32.0.